The maximum atomic E-state index is 13.8. The molecule has 4 aromatic rings. The van der Waals surface area contributed by atoms with Crippen molar-refractivity contribution in [3.05, 3.63) is 70.8 Å². The molecule has 222 valence electrons. The van der Waals surface area contributed by atoms with Crippen LogP contribution in [0.4, 0.5) is 11.5 Å². The summed E-state index contributed by atoms with van der Waals surface area (Å²) in [7, 11) is -5.06. The van der Waals surface area contributed by atoms with Crippen molar-refractivity contribution in [1.82, 2.24) is 14.8 Å². The quantitative estimate of drug-likeness (QED) is 0.262. The van der Waals surface area contributed by atoms with Gasteiger partial charge in [0.15, 0.2) is 11.6 Å². The number of fused-ring (bicyclic) bond motifs is 1. The normalized spacial score (nSPS) is 14.7. The molecule has 0 bridgehead atoms. The van der Waals surface area contributed by atoms with Gasteiger partial charge in [-0.2, -0.15) is 0 Å². The van der Waals surface area contributed by atoms with Gasteiger partial charge in [-0.05, 0) is 75.4 Å². The Morgan fingerprint density at radius 1 is 0.976 bits per heavy atom. The molecular formula is C28H29Cl2N5O5S2. The zero-order valence-corrected chi connectivity index (χ0v) is 26.3. The molecule has 0 aliphatic carbocycles. The molecule has 0 unspecified atom stereocenters. The fraction of sp³-hybridized carbons (Fsp3) is 0.321. The first-order valence-electron chi connectivity index (χ1n) is 13.1. The van der Waals surface area contributed by atoms with Crippen molar-refractivity contribution < 1.29 is 22.2 Å². The number of hydrogen-bond acceptors (Lipinski definition) is 8. The van der Waals surface area contributed by atoms with E-state index in [9.17, 15) is 17.4 Å². The van der Waals surface area contributed by atoms with E-state index in [1.165, 1.54) is 18.2 Å². The zero-order chi connectivity index (χ0) is 30.2. The minimum Gasteiger partial charge on any atom is -0.459 e. The molecule has 2 aromatic carbocycles. The first-order chi connectivity index (χ1) is 19.8. The highest BCUT2D eigenvalue weighted by Gasteiger charge is 2.30. The maximum Gasteiger partial charge on any atom is 0.327 e. The monoisotopic (exact) mass is 649 g/mol. The number of carbonyl (C=O) groups is 1. The van der Waals surface area contributed by atoms with Crippen LogP contribution in [0.15, 0.2) is 65.7 Å². The third-order valence-electron chi connectivity index (χ3n) is 6.46. The number of aromatic nitrogens is 3. The Morgan fingerprint density at radius 2 is 1.62 bits per heavy atom. The molecule has 14 heteroatoms. The van der Waals surface area contributed by atoms with E-state index in [4.69, 9.17) is 27.9 Å². The molecule has 0 N–H and O–H groups in total. The van der Waals surface area contributed by atoms with Crippen LogP contribution in [0.1, 0.15) is 20.8 Å². The van der Waals surface area contributed by atoms with Crippen molar-refractivity contribution >= 4 is 72.4 Å². The smallest absolute Gasteiger partial charge is 0.327 e. The number of rotatable bonds is 7. The fourth-order valence-electron chi connectivity index (χ4n) is 4.58. The van der Waals surface area contributed by atoms with Gasteiger partial charge < -0.3 is 9.64 Å². The molecule has 10 nitrogen and oxygen atoms in total. The Hall–Kier alpha value is -3.19. The fourth-order valence-corrected chi connectivity index (χ4v) is 7.76. The predicted octanol–water partition coefficient (Wildman–Crippen LogP) is 4.83. The highest BCUT2D eigenvalue weighted by molar-refractivity contribution is 7.92. The topological polar surface area (TPSA) is 115 Å². The third-order valence-corrected chi connectivity index (χ3v) is 9.93. The van der Waals surface area contributed by atoms with Gasteiger partial charge in [-0.25, -0.2) is 8.42 Å². The van der Waals surface area contributed by atoms with Crippen molar-refractivity contribution in [2.45, 2.75) is 31.3 Å². The highest BCUT2D eigenvalue weighted by atomic mass is 35.5. The number of benzene rings is 2. The first-order valence-corrected chi connectivity index (χ1v) is 16.7. The van der Waals surface area contributed by atoms with E-state index in [2.05, 4.69) is 15.1 Å². The molecule has 5 rings (SSSR count). The van der Waals surface area contributed by atoms with Gasteiger partial charge >= 0.3 is 5.97 Å². The van der Waals surface area contributed by atoms with Crippen molar-refractivity contribution in [2.75, 3.05) is 40.3 Å². The minimum absolute atomic E-state index is 0.146. The summed E-state index contributed by atoms with van der Waals surface area (Å²) in [4.78, 5) is 14.8. The van der Waals surface area contributed by atoms with Crippen LogP contribution in [-0.4, -0.2) is 70.1 Å². The molecule has 1 aliphatic rings. The SMILES string of the molecule is CC(C)(C)OC(=O)CN(c1ccc2c(ccn2-c2ccc(N3CCS(=O)CC3)nn2)c1)S(=O)(=O)c1cc(Cl)cc(Cl)c1. The molecule has 0 spiro atoms. The lowest BCUT2D eigenvalue weighted by molar-refractivity contribution is -0.152. The van der Waals surface area contributed by atoms with Crippen LogP contribution >= 0.6 is 23.2 Å². The number of nitrogens with zero attached hydrogens (tertiary/aromatic N) is 5. The molecule has 1 fully saturated rings. The average molecular weight is 651 g/mol. The van der Waals surface area contributed by atoms with Crippen molar-refractivity contribution in [3.63, 3.8) is 0 Å². The average Bonchev–Trinajstić information content (AvgIpc) is 3.34. The number of esters is 1. The summed E-state index contributed by atoms with van der Waals surface area (Å²) in [5.41, 5.74) is 0.205. The molecular weight excluding hydrogens is 621 g/mol. The summed E-state index contributed by atoms with van der Waals surface area (Å²) in [5, 5.41) is 9.77. The van der Waals surface area contributed by atoms with E-state index < -0.39 is 38.9 Å². The van der Waals surface area contributed by atoms with Crippen LogP contribution in [0.2, 0.25) is 10.0 Å². The number of sulfonamides is 1. The Kier molecular flexibility index (Phi) is 8.53. The van der Waals surface area contributed by atoms with Crippen molar-refractivity contribution in [1.29, 1.82) is 0 Å². The summed E-state index contributed by atoms with van der Waals surface area (Å²) >= 11 is 12.2. The van der Waals surface area contributed by atoms with Crippen LogP contribution < -0.4 is 9.21 Å². The molecule has 3 heterocycles. The summed E-state index contributed by atoms with van der Waals surface area (Å²) in [6.45, 7) is 5.89. The molecule has 0 amide bonds. The number of hydrogen-bond donors (Lipinski definition) is 0. The molecule has 0 saturated carbocycles. The van der Waals surface area contributed by atoms with E-state index >= 15 is 0 Å². The minimum atomic E-state index is -4.27. The lowest BCUT2D eigenvalue weighted by atomic mass is 10.2. The van der Waals surface area contributed by atoms with Crippen LogP contribution in [-0.2, 0) is 30.4 Å². The predicted molar refractivity (Wildman–Crippen MR) is 166 cm³/mol. The van der Waals surface area contributed by atoms with Crippen molar-refractivity contribution in [3.8, 4) is 5.82 Å². The second-order valence-corrected chi connectivity index (χ2v) is 15.1. The Labute approximate surface area is 256 Å². The third kappa shape index (κ3) is 6.72. The molecule has 0 atom stereocenters. The van der Waals surface area contributed by atoms with Crippen LogP contribution in [0.25, 0.3) is 16.7 Å². The van der Waals surface area contributed by atoms with E-state index in [0.29, 0.717) is 35.8 Å². The van der Waals surface area contributed by atoms with Gasteiger partial charge in [-0.15, -0.1) is 10.2 Å². The van der Waals surface area contributed by atoms with Gasteiger partial charge in [-0.3, -0.25) is 17.9 Å². The zero-order valence-electron chi connectivity index (χ0n) is 23.2. The lowest BCUT2D eigenvalue weighted by Crippen LogP contribution is -2.39. The van der Waals surface area contributed by atoms with Gasteiger partial charge in [0.2, 0.25) is 0 Å². The Balaban J connectivity index is 1.49. The first kappa shape index (κ1) is 30.3. The van der Waals surface area contributed by atoms with E-state index in [1.54, 1.807) is 39.0 Å². The van der Waals surface area contributed by atoms with Gasteiger partial charge in [-0.1, -0.05) is 23.2 Å². The Bertz CT molecular complexity index is 1740. The van der Waals surface area contributed by atoms with Gasteiger partial charge in [0.25, 0.3) is 10.0 Å². The van der Waals surface area contributed by atoms with Gasteiger partial charge in [0.05, 0.1) is 16.1 Å². The summed E-state index contributed by atoms with van der Waals surface area (Å²) in [6.07, 6.45) is 1.81. The Morgan fingerprint density at radius 3 is 2.24 bits per heavy atom. The molecule has 2 aromatic heterocycles. The van der Waals surface area contributed by atoms with Gasteiger partial charge in [0.1, 0.15) is 12.1 Å². The van der Waals surface area contributed by atoms with E-state index in [0.717, 1.165) is 15.6 Å². The summed E-state index contributed by atoms with van der Waals surface area (Å²) < 4.78 is 47.6. The van der Waals surface area contributed by atoms with Crippen LogP contribution in [0, 0.1) is 0 Å². The second kappa shape index (κ2) is 11.8. The lowest BCUT2D eigenvalue weighted by Gasteiger charge is -2.27. The number of carbonyl (C=O) groups excluding carboxylic acids is 1. The van der Waals surface area contributed by atoms with E-state index in [1.807, 2.05) is 29.0 Å². The van der Waals surface area contributed by atoms with Crippen LogP contribution in [0.3, 0.4) is 0 Å². The maximum absolute atomic E-state index is 13.8. The second-order valence-electron chi connectivity index (χ2n) is 10.7. The number of halogens is 2. The van der Waals surface area contributed by atoms with Crippen molar-refractivity contribution in [2.24, 2.45) is 0 Å². The number of anilines is 2. The molecule has 1 aliphatic heterocycles. The molecule has 1 saturated heterocycles. The molecule has 42 heavy (non-hydrogen) atoms. The molecule has 0 radical (unpaired) electrons. The summed E-state index contributed by atoms with van der Waals surface area (Å²) in [5.74, 6) is 1.80. The largest absolute Gasteiger partial charge is 0.459 e. The van der Waals surface area contributed by atoms with Crippen LogP contribution in [0.5, 0.6) is 0 Å². The highest BCUT2D eigenvalue weighted by Crippen LogP contribution is 2.31. The van der Waals surface area contributed by atoms with E-state index in [-0.39, 0.29) is 20.6 Å². The number of ether oxygens (including phenoxy) is 1. The summed E-state index contributed by atoms with van der Waals surface area (Å²) in [6, 6.07) is 14.6. The standard InChI is InChI=1S/C28H29Cl2N5O5S2/c1-28(2,3)40-27(36)18-35(42(38,39)23-16-20(29)15-21(30)17-23)22-4-5-24-19(14-22)8-9-34(24)26-7-6-25(31-32-26)33-10-12-41(37)13-11-33/h4-9,14-17H,10-13,18H2,1-3H3. The van der Waals surface area contributed by atoms with Gasteiger partial charge in [0, 0.05) is 57.0 Å².